The van der Waals surface area contributed by atoms with Gasteiger partial charge in [0.05, 0.1) is 16.8 Å². The van der Waals surface area contributed by atoms with Crippen LogP contribution in [0.1, 0.15) is 19.4 Å². The van der Waals surface area contributed by atoms with Crippen LogP contribution >= 0.6 is 11.8 Å². The fraction of sp³-hybridized carbons (Fsp3) is 0.227. The second-order valence-electron chi connectivity index (χ2n) is 7.75. The monoisotopic (exact) mass is 403 g/mol. The van der Waals surface area contributed by atoms with Gasteiger partial charge in [0, 0.05) is 29.9 Å². The van der Waals surface area contributed by atoms with Crippen molar-refractivity contribution in [2.75, 3.05) is 17.7 Å². The van der Waals surface area contributed by atoms with E-state index in [9.17, 15) is 4.79 Å². The molecule has 0 spiro atoms. The maximum atomic E-state index is 12.8. The van der Waals surface area contributed by atoms with Gasteiger partial charge >= 0.3 is 0 Å². The molecule has 0 aliphatic carbocycles. The Hall–Kier alpha value is -3.06. The Balaban J connectivity index is 1.40. The van der Waals surface area contributed by atoms with E-state index in [-0.39, 0.29) is 11.2 Å². The zero-order valence-electron chi connectivity index (χ0n) is 16.5. The number of carbonyl (C=O) groups excluding carboxylic acids is 1. The van der Waals surface area contributed by atoms with Crippen molar-refractivity contribution >= 4 is 40.0 Å². The maximum absolute atomic E-state index is 12.8. The molecule has 2 aromatic heterocycles. The Labute approximate surface area is 172 Å². The van der Waals surface area contributed by atoms with E-state index in [1.54, 1.807) is 6.08 Å². The highest BCUT2D eigenvalue weighted by atomic mass is 32.2. The van der Waals surface area contributed by atoms with Crippen LogP contribution in [0.25, 0.3) is 16.8 Å². The number of allylic oxidation sites excluding steroid dienone is 2. The van der Waals surface area contributed by atoms with E-state index < -0.39 is 0 Å². The largest absolute Gasteiger partial charge is 0.347 e. The van der Waals surface area contributed by atoms with E-state index in [2.05, 4.69) is 46.1 Å². The van der Waals surface area contributed by atoms with Gasteiger partial charge in [-0.15, -0.1) is 5.10 Å². The van der Waals surface area contributed by atoms with Crippen LogP contribution in [0.4, 0.5) is 5.69 Å². The molecule has 0 unspecified atom stereocenters. The lowest BCUT2D eigenvalue weighted by Gasteiger charge is -2.23. The summed E-state index contributed by atoms with van der Waals surface area (Å²) < 4.78 is 1.96. The summed E-state index contributed by atoms with van der Waals surface area (Å²) in [5.41, 5.74) is 5.10. The molecule has 1 aliphatic rings. The summed E-state index contributed by atoms with van der Waals surface area (Å²) in [6, 6.07) is 16.2. The number of nitrogens with zero attached hydrogens (tertiary/aromatic N) is 4. The third kappa shape index (κ3) is 2.76. The SMILES string of the molecule is CN1/C(=C\C(=O)CSc2n[nH]c3nc4ccccc4n23)C(C)(C)c2ccccc21. The number of anilines is 1. The number of thioether (sulfide) groups is 1. The Kier molecular flexibility index (Phi) is 4.03. The zero-order valence-corrected chi connectivity index (χ0v) is 17.3. The van der Waals surface area contributed by atoms with Crippen molar-refractivity contribution in [3.05, 3.63) is 65.9 Å². The molecule has 7 heteroatoms. The number of para-hydroxylation sites is 3. The predicted molar refractivity (Wildman–Crippen MR) is 117 cm³/mol. The highest BCUT2D eigenvalue weighted by Gasteiger charge is 2.38. The average molecular weight is 404 g/mol. The van der Waals surface area contributed by atoms with Crippen molar-refractivity contribution in [2.45, 2.75) is 24.4 Å². The Morgan fingerprint density at radius 1 is 1.17 bits per heavy atom. The minimum absolute atomic E-state index is 0.0679. The zero-order chi connectivity index (χ0) is 20.2. The fourth-order valence-electron chi connectivity index (χ4n) is 4.13. The molecule has 0 saturated carbocycles. The van der Waals surface area contributed by atoms with Crippen molar-refractivity contribution in [1.29, 1.82) is 0 Å². The van der Waals surface area contributed by atoms with Crippen LogP contribution in [0.15, 0.2) is 65.5 Å². The normalized spacial score (nSPS) is 16.8. The number of hydrogen-bond donors (Lipinski definition) is 1. The smallest absolute Gasteiger partial charge is 0.231 e. The van der Waals surface area contributed by atoms with E-state index in [0.29, 0.717) is 11.5 Å². The minimum Gasteiger partial charge on any atom is -0.347 e. The minimum atomic E-state index is -0.203. The summed E-state index contributed by atoms with van der Waals surface area (Å²) in [5.74, 6) is 1.07. The van der Waals surface area contributed by atoms with Crippen molar-refractivity contribution in [3.63, 3.8) is 0 Å². The Morgan fingerprint density at radius 2 is 1.93 bits per heavy atom. The van der Waals surface area contributed by atoms with Crippen LogP contribution in [0.5, 0.6) is 0 Å². The molecule has 1 N–H and O–H groups in total. The average Bonchev–Trinajstić information content (AvgIpc) is 3.33. The van der Waals surface area contributed by atoms with E-state index in [1.807, 2.05) is 47.8 Å². The highest BCUT2D eigenvalue weighted by Crippen LogP contribution is 2.46. The molecule has 5 rings (SSSR count). The number of aromatic nitrogens is 4. The number of H-pyrrole nitrogens is 1. The number of rotatable bonds is 4. The molecule has 0 bridgehead atoms. The summed E-state index contributed by atoms with van der Waals surface area (Å²) in [6.07, 6.45) is 1.78. The van der Waals surface area contributed by atoms with Gasteiger partial charge in [0.1, 0.15) is 0 Å². The number of imidazole rings is 1. The van der Waals surface area contributed by atoms with E-state index >= 15 is 0 Å². The van der Waals surface area contributed by atoms with Gasteiger partial charge in [-0.05, 0) is 23.8 Å². The van der Waals surface area contributed by atoms with Gasteiger partial charge in [-0.25, -0.2) is 10.1 Å². The molecule has 2 aromatic carbocycles. The molecule has 0 amide bonds. The number of ketones is 1. The first-order valence-electron chi connectivity index (χ1n) is 9.49. The van der Waals surface area contributed by atoms with Gasteiger partial charge in [0.25, 0.3) is 0 Å². The lowest BCUT2D eigenvalue weighted by atomic mass is 9.83. The van der Waals surface area contributed by atoms with Gasteiger partial charge in [-0.1, -0.05) is 55.9 Å². The molecule has 1 aliphatic heterocycles. The number of hydrogen-bond acceptors (Lipinski definition) is 5. The number of aromatic amines is 1. The van der Waals surface area contributed by atoms with Crippen molar-refractivity contribution in [1.82, 2.24) is 19.6 Å². The molecule has 146 valence electrons. The van der Waals surface area contributed by atoms with Crippen LogP contribution in [-0.2, 0) is 10.2 Å². The van der Waals surface area contributed by atoms with Gasteiger partial charge < -0.3 is 4.90 Å². The molecule has 3 heterocycles. The van der Waals surface area contributed by atoms with Crippen molar-refractivity contribution < 1.29 is 4.79 Å². The first-order valence-corrected chi connectivity index (χ1v) is 10.5. The molecule has 0 saturated heterocycles. The first kappa shape index (κ1) is 18.0. The second kappa shape index (κ2) is 6.49. The second-order valence-corrected chi connectivity index (χ2v) is 8.69. The Bertz CT molecular complexity index is 1280. The standard InChI is InChI=1S/C22H21N5OS/c1-22(2)15-8-4-6-10-17(15)26(3)19(22)12-14(28)13-29-21-25-24-20-23-16-9-5-7-11-18(16)27(20)21/h4-12H,13H2,1-3H3,(H,23,24)/b19-12-. The lowest BCUT2D eigenvalue weighted by molar-refractivity contribution is -0.112. The Morgan fingerprint density at radius 3 is 2.76 bits per heavy atom. The summed E-state index contributed by atoms with van der Waals surface area (Å²) in [6.45, 7) is 4.33. The first-order chi connectivity index (χ1) is 14.0. The van der Waals surface area contributed by atoms with Gasteiger partial charge in [-0.3, -0.25) is 9.20 Å². The maximum Gasteiger partial charge on any atom is 0.231 e. The molecule has 0 atom stereocenters. The molecule has 29 heavy (non-hydrogen) atoms. The summed E-state index contributed by atoms with van der Waals surface area (Å²) in [7, 11) is 2.02. The van der Waals surface area contributed by atoms with Gasteiger partial charge in [-0.2, -0.15) is 0 Å². The molecular formula is C22H21N5OS. The van der Waals surface area contributed by atoms with Crippen molar-refractivity contribution in [3.8, 4) is 0 Å². The number of benzene rings is 2. The topological polar surface area (TPSA) is 66.3 Å². The van der Waals surface area contributed by atoms with Crippen molar-refractivity contribution in [2.24, 2.45) is 0 Å². The predicted octanol–water partition coefficient (Wildman–Crippen LogP) is 4.18. The van der Waals surface area contributed by atoms with E-state index in [4.69, 9.17) is 0 Å². The molecule has 0 radical (unpaired) electrons. The summed E-state index contributed by atoms with van der Waals surface area (Å²) in [5, 5.41) is 8.03. The van der Waals surface area contributed by atoms with Crippen LogP contribution in [0.3, 0.4) is 0 Å². The molecule has 0 fully saturated rings. The number of likely N-dealkylation sites (N-methyl/N-ethyl adjacent to an activating group) is 1. The fourth-order valence-corrected chi connectivity index (χ4v) is 4.91. The quantitative estimate of drug-likeness (QED) is 0.409. The van der Waals surface area contributed by atoms with Gasteiger partial charge in [0.2, 0.25) is 5.78 Å². The summed E-state index contributed by atoms with van der Waals surface area (Å²) in [4.78, 5) is 19.5. The van der Waals surface area contributed by atoms with E-state index in [1.165, 1.54) is 17.3 Å². The lowest BCUT2D eigenvalue weighted by Crippen LogP contribution is -2.24. The summed E-state index contributed by atoms with van der Waals surface area (Å²) >= 11 is 1.42. The van der Waals surface area contributed by atoms with Crippen LogP contribution in [-0.4, -0.2) is 38.2 Å². The van der Waals surface area contributed by atoms with E-state index in [0.717, 1.165) is 27.6 Å². The van der Waals surface area contributed by atoms with Crippen LogP contribution in [0, 0.1) is 0 Å². The molecule has 4 aromatic rings. The van der Waals surface area contributed by atoms with Crippen LogP contribution in [0.2, 0.25) is 0 Å². The molecular weight excluding hydrogens is 382 g/mol. The molecule has 6 nitrogen and oxygen atoms in total. The van der Waals surface area contributed by atoms with Crippen LogP contribution < -0.4 is 4.90 Å². The number of fused-ring (bicyclic) bond motifs is 4. The number of carbonyl (C=O) groups is 1. The van der Waals surface area contributed by atoms with Gasteiger partial charge in [0.15, 0.2) is 10.9 Å². The third-order valence-electron chi connectivity index (χ3n) is 5.59. The highest BCUT2D eigenvalue weighted by molar-refractivity contribution is 7.99. The number of nitrogens with one attached hydrogen (secondary N) is 1. The third-order valence-corrected chi connectivity index (χ3v) is 6.55.